The molecule has 2 aliphatic rings. The Kier molecular flexibility index (Phi) is 4.58. The van der Waals surface area contributed by atoms with Gasteiger partial charge in [-0.2, -0.15) is 0 Å². The molecule has 0 saturated carbocycles. The van der Waals surface area contributed by atoms with E-state index in [1.165, 1.54) is 6.92 Å². The molecule has 0 spiro atoms. The van der Waals surface area contributed by atoms with Gasteiger partial charge in [0.15, 0.2) is 0 Å². The zero-order chi connectivity index (χ0) is 15.8. The molecule has 1 N–H and O–H groups in total. The Bertz CT molecular complexity index is 417. The lowest BCUT2D eigenvalue weighted by Crippen LogP contribution is -2.65. The van der Waals surface area contributed by atoms with Gasteiger partial charge in [0.2, 0.25) is 0 Å². The molecule has 2 rings (SSSR count). The molecule has 0 aliphatic carbocycles. The highest BCUT2D eigenvalue weighted by molar-refractivity contribution is 5.76. The first-order chi connectivity index (χ1) is 9.69. The van der Waals surface area contributed by atoms with Crippen LogP contribution in [-0.4, -0.2) is 58.9 Å². The molecule has 2 bridgehead atoms. The molecule has 1 amide bonds. The smallest absolute Gasteiger partial charge is 0.411 e. The van der Waals surface area contributed by atoms with E-state index in [9.17, 15) is 14.7 Å². The molecule has 120 valence electrons. The van der Waals surface area contributed by atoms with Gasteiger partial charge in [-0.05, 0) is 40.0 Å². The molecular formula is C15H25NO5. The van der Waals surface area contributed by atoms with Crippen molar-refractivity contribution in [2.45, 2.75) is 64.3 Å². The fraction of sp³-hybridized carbons (Fsp3) is 0.867. The van der Waals surface area contributed by atoms with E-state index < -0.39 is 23.8 Å². The third-order valence-corrected chi connectivity index (χ3v) is 3.96. The zero-order valence-corrected chi connectivity index (χ0v) is 13.2. The number of ether oxygens (including phenoxy) is 2. The Morgan fingerprint density at radius 1 is 1.33 bits per heavy atom. The number of hydrogen-bond acceptors (Lipinski definition) is 5. The van der Waals surface area contributed by atoms with Crippen LogP contribution in [0.4, 0.5) is 4.79 Å². The van der Waals surface area contributed by atoms with Crippen molar-refractivity contribution >= 4 is 11.9 Å². The van der Waals surface area contributed by atoms with Crippen molar-refractivity contribution in [1.82, 2.24) is 4.90 Å². The second-order valence-corrected chi connectivity index (χ2v) is 7.04. The van der Waals surface area contributed by atoms with Crippen molar-refractivity contribution in [3.05, 3.63) is 0 Å². The van der Waals surface area contributed by atoms with E-state index in [1.54, 1.807) is 4.90 Å². The minimum absolute atomic E-state index is 0.0590. The fourth-order valence-corrected chi connectivity index (χ4v) is 3.18. The molecule has 0 aromatic heterocycles. The van der Waals surface area contributed by atoms with E-state index in [-0.39, 0.29) is 24.3 Å². The molecule has 0 aromatic rings. The number of nitrogens with zero attached hydrogens (tertiary/aromatic N) is 1. The summed E-state index contributed by atoms with van der Waals surface area (Å²) in [4.78, 5) is 25.3. The van der Waals surface area contributed by atoms with Crippen LogP contribution in [0.25, 0.3) is 0 Å². The van der Waals surface area contributed by atoms with Crippen LogP contribution in [0.2, 0.25) is 0 Å². The molecule has 4 atom stereocenters. The highest BCUT2D eigenvalue weighted by atomic mass is 16.6. The highest BCUT2D eigenvalue weighted by Crippen LogP contribution is 2.34. The summed E-state index contributed by atoms with van der Waals surface area (Å²) in [5, 5.41) is 10.5. The minimum atomic E-state index is -0.752. The molecule has 4 unspecified atom stereocenters. The van der Waals surface area contributed by atoms with Crippen LogP contribution in [-0.2, 0) is 14.3 Å². The van der Waals surface area contributed by atoms with Crippen molar-refractivity contribution in [3.63, 3.8) is 0 Å². The van der Waals surface area contributed by atoms with Gasteiger partial charge in [-0.3, -0.25) is 4.90 Å². The largest absolute Gasteiger partial charge is 0.444 e. The Morgan fingerprint density at radius 3 is 2.57 bits per heavy atom. The van der Waals surface area contributed by atoms with E-state index in [0.29, 0.717) is 19.4 Å². The SMILES string of the molecule is CC(=O)CC1CC2COCC(C1O)N2C(=O)OC(C)(C)C. The van der Waals surface area contributed by atoms with Crippen LogP contribution in [0.3, 0.4) is 0 Å². The quantitative estimate of drug-likeness (QED) is 0.833. The first-order valence-corrected chi connectivity index (χ1v) is 7.45. The standard InChI is InChI=1S/C15H25NO5/c1-9(17)5-10-6-11-7-20-8-12(13(10)18)16(11)14(19)21-15(2,3)4/h10-13,18H,5-8H2,1-4H3. The van der Waals surface area contributed by atoms with Crippen LogP contribution in [0, 0.1) is 5.92 Å². The Labute approximate surface area is 125 Å². The second kappa shape index (κ2) is 5.93. The number of hydrogen-bond donors (Lipinski definition) is 1. The van der Waals surface area contributed by atoms with Crippen molar-refractivity contribution in [1.29, 1.82) is 0 Å². The van der Waals surface area contributed by atoms with Crippen LogP contribution in [0.1, 0.15) is 40.5 Å². The van der Waals surface area contributed by atoms with Crippen LogP contribution in [0.15, 0.2) is 0 Å². The van der Waals surface area contributed by atoms with E-state index in [4.69, 9.17) is 9.47 Å². The maximum atomic E-state index is 12.4. The number of morpholine rings is 1. The third-order valence-electron chi connectivity index (χ3n) is 3.96. The molecule has 0 radical (unpaired) electrons. The van der Waals surface area contributed by atoms with E-state index in [1.807, 2.05) is 20.8 Å². The molecule has 6 nitrogen and oxygen atoms in total. The van der Waals surface area contributed by atoms with E-state index >= 15 is 0 Å². The van der Waals surface area contributed by atoms with Gasteiger partial charge in [0.05, 0.1) is 31.4 Å². The lowest BCUT2D eigenvalue weighted by atomic mass is 9.80. The summed E-state index contributed by atoms with van der Waals surface area (Å²) >= 11 is 0. The van der Waals surface area contributed by atoms with Crippen LogP contribution < -0.4 is 0 Å². The number of carbonyl (C=O) groups excluding carboxylic acids is 2. The van der Waals surface area contributed by atoms with Crippen molar-refractivity contribution in [2.24, 2.45) is 5.92 Å². The van der Waals surface area contributed by atoms with E-state index in [0.717, 1.165) is 0 Å². The van der Waals surface area contributed by atoms with E-state index in [2.05, 4.69) is 0 Å². The summed E-state index contributed by atoms with van der Waals surface area (Å²) in [6, 6.07) is -0.567. The van der Waals surface area contributed by atoms with Gasteiger partial charge in [-0.25, -0.2) is 4.79 Å². The number of aliphatic hydroxyl groups is 1. The number of aliphatic hydroxyl groups excluding tert-OH is 1. The van der Waals surface area contributed by atoms with Gasteiger partial charge in [0, 0.05) is 6.42 Å². The molecule has 2 heterocycles. The lowest BCUT2D eigenvalue weighted by molar-refractivity contribution is -0.143. The molecule has 2 aliphatic heterocycles. The van der Waals surface area contributed by atoms with Gasteiger partial charge in [0.25, 0.3) is 0 Å². The summed E-state index contributed by atoms with van der Waals surface area (Å²) in [6.45, 7) is 7.68. The van der Waals surface area contributed by atoms with Gasteiger partial charge in [-0.15, -0.1) is 0 Å². The number of fused-ring (bicyclic) bond motifs is 2. The maximum absolute atomic E-state index is 12.4. The summed E-state index contributed by atoms with van der Waals surface area (Å²) in [6.07, 6.45) is -0.258. The predicted molar refractivity (Wildman–Crippen MR) is 75.9 cm³/mol. The number of amides is 1. The van der Waals surface area contributed by atoms with Crippen LogP contribution in [0.5, 0.6) is 0 Å². The van der Waals surface area contributed by atoms with Crippen molar-refractivity contribution in [2.75, 3.05) is 13.2 Å². The number of carbonyl (C=O) groups is 2. The predicted octanol–water partition coefficient (Wildman–Crippen LogP) is 1.35. The zero-order valence-electron chi connectivity index (χ0n) is 13.2. The fourth-order valence-electron chi connectivity index (χ4n) is 3.18. The van der Waals surface area contributed by atoms with Gasteiger partial charge in [0.1, 0.15) is 11.4 Å². The topological polar surface area (TPSA) is 76.1 Å². The first kappa shape index (κ1) is 16.2. The molecule has 6 heteroatoms. The molecule has 21 heavy (non-hydrogen) atoms. The number of piperidine rings is 1. The molecular weight excluding hydrogens is 274 g/mol. The average molecular weight is 299 g/mol. The average Bonchev–Trinajstić information content (AvgIpc) is 2.32. The summed E-state index contributed by atoms with van der Waals surface area (Å²) < 4.78 is 10.9. The normalized spacial score (nSPS) is 32.7. The summed E-state index contributed by atoms with van der Waals surface area (Å²) in [5.74, 6) is -0.0520. The third kappa shape index (κ3) is 3.74. The second-order valence-electron chi connectivity index (χ2n) is 7.04. The maximum Gasteiger partial charge on any atom is 0.411 e. The number of rotatable bonds is 2. The minimum Gasteiger partial charge on any atom is -0.444 e. The van der Waals surface area contributed by atoms with Crippen LogP contribution >= 0.6 is 0 Å². The van der Waals surface area contributed by atoms with Gasteiger partial charge in [-0.1, -0.05) is 0 Å². The monoisotopic (exact) mass is 299 g/mol. The Morgan fingerprint density at radius 2 is 2.00 bits per heavy atom. The molecule has 2 fully saturated rings. The van der Waals surface area contributed by atoms with Gasteiger partial charge >= 0.3 is 6.09 Å². The Balaban J connectivity index is 2.14. The highest BCUT2D eigenvalue weighted by Gasteiger charge is 2.48. The van der Waals surface area contributed by atoms with Crippen molar-refractivity contribution < 1.29 is 24.2 Å². The summed E-state index contributed by atoms with van der Waals surface area (Å²) in [7, 11) is 0. The first-order valence-electron chi connectivity index (χ1n) is 7.45. The molecule has 0 aromatic carbocycles. The lowest BCUT2D eigenvalue weighted by Gasteiger charge is -2.50. The van der Waals surface area contributed by atoms with Crippen molar-refractivity contribution in [3.8, 4) is 0 Å². The van der Waals surface area contributed by atoms with Gasteiger partial charge < -0.3 is 19.4 Å². The molecule has 2 saturated heterocycles. The Hall–Kier alpha value is -1.14. The number of Topliss-reactive ketones (excluding diaryl/α,β-unsaturated/α-hetero) is 1. The summed E-state index contributed by atoms with van der Waals surface area (Å²) in [5.41, 5.74) is -0.576. The number of ketones is 1.